The maximum Gasteiger partial charge on any atom is 0.0741 e. The van der Waals surface area contributed by atoms with Gasteiger partial charge in [0.25, 0.3) is 0 Å². The van der Waals surface area contributed by atoms with Crippen molar-refractivity contribution in [3.63, 3.8) is 0 Å². The average Bonchev–Trinajstić information content (AvgIpc) is 2.86. The van der Waals surface area contributed by atoms with Gasteiger partial charge in [-0.1, -0.05) is 0 Å². The molecule has 16 heavy (non-hydrogen) atoms. The first-order valence-corrected chi connectivity index (χ1v) is 5.93. The zero-order valence-electron chi connectivity index (χ0n) is 8.61. The molecule has 0 aliphatic heterocycles. The third-order valence-corrected chi connectivity index (χ3v) is 3.41. The van der Waals surface area contributed by atoms with Gasteiger partial charge in [0.1, 0.15) is 0 Å². The molecule has 5 heteroatoms. The molecule has 0 bridgehead atoms. The first-order chi connectivity index (χ1) is 7.74. The highest BCUT2D eigenvalue weighted by molar-refractivity contribution is 14.1. The second-order valence-corrected chi connectivity index (χ2v) is 4.82. The molecule has 0 fully saturated rings. The molecule has 3 heterocycles. The predicted octanol–water partition coefficient (Wildman–Crippen LogP) is 2.57. The molecule has 80 valence electrons. The molecule has 4 nitrogen and oxygen atoms in total. The number of halogens is 1. The van der Waals surface area contributed by atoms with Crippen molar-refractivity contribution in [1.29, 1.82) is 0 Å². The maximum absolute atomic E-state index is 4.42. The molecule has 0 amide bonds. The lowest BCUT2D eigenvalue weighted by molar-refractivity contribution is 0.768. The average molecular weight is 324 g/mol. The van der Waals surface area contributed by atoms with Crippen molar-refractivity contribution in [2.24, 2.45) is 7.05 Å². The van der Waals surface area contributed by atoms with E-state index in [1.165, 1.54) is 8.96 Å². The summed E-state index contributed by atoms with van der Waals surface area (Å²) in [7, 11) is 1.90. The molecule has 0 atom stereocenters. The van der Waals surface area contributed by atoms with Crippen LogP contribution in [0.2, 0.25) is 0 Å². The molecule has 0 saturated heterocycles. The second-order valence-electron chi connectivity index (χ2n) is 3.65. The van der Waals surface area contributed by atoms with E-state index in [-0.39, 0.29) is 0 Å². The zero-order valence-corrected chi connectivity index (χ0v) is 10.8. The van der Waals surface area contributed by atoms with Crippen LogP contribution in [-0.4, -0.2) is 19.7 Å². The summed E-state index contributed by atoms with van der Waals surface area (Å²) in [4.78, 5) is 7.60. The van der Waals surface area contributed by atoms with Crippen LogP contribution in [0.3, 0.4) is 0 Å². The summed E-state index contributed by atoms with van der Waals surface area (Å²) in [5.74, 6) is 0. The number of aryl methyl sites for hydroxylation is 1. The summed E-state index contributed by atoms with van der Waals surface area (Å²) < 4.78 is 2.99. The summed E-state index contributed by atoms with van der Waals surface area (Å²) in [5, 5.41) is 5.35. The van der Waals surface area contributed by atoms with Crippen LogP contribution in [0.1, 0.15) is 0 Å². The minimum absolute atomic E-state index is 0.957. The van der Waals surface area contributed by atoms with Crippen LogP contribution in [0.15, 0.2) is 30.9 Å². The van der Waals surface area contributed by atoms with Gasteiger partial charge in [-0.3, -0.25) is 9.67 Å². The normalized spacial score (nSPS) is 11.1. The molecule has 0 aliphatic carbocycles. The molecule has 0 aliphatic rings. The number of aromatic nitrogens is 4. The van der Waals surface area contributed by atoms with Crippen molar-refractivity contribution in [2.75, 3.05) is 0 Å². The quantitative estimate of drug-likeness (QED) is 0.700. The molecule has 0 spiro atoms. The Bertz CT molecular complexity index is 653. The lowest BCUT2D eigenvalue weighted by atomic mass is 10.2. The first-order valence-electron chi connectivity index (χ1n) is 4.86. The molecule has 1 N–H and O–H groups in total. The molecular weight excluding hydrogens is 315 g/mol. The Balaban J connectivity index is 2.21. The molecule has 0 radical (unpaired) electrons. The maximum atomic E-state index is 4.42. The van der Waals surface area contributed by atoms with E-state index in [4.69, 9.17) is 0 Å². The molecule has 3 aromatic rings. The predicted molar refractivity (Wildman–Crippen MR) is 71.0 cm³/mol. The smallest absolute Gasteiger partial charge is 0.0741 e. The lowest BCUT2D eigenvalue weighted by Crippen LogP contribution is -1.85. The van der Waals surface area contributed by atoms with Crippen LogP contribution in [0.25, 0.3) is 22.2 Å². The summed E-state index contributed by atoms with van der Waals surface area (Å²) in [5.41, 5.74) is 3.07. The number of pyridine rings is 1. The van der Waals surface area contributed by atoms with Gasteiger partial charge in [0.15, 0.2) is 0 Å². The summed E-state index contributed by atoms with van der Waals surface area (Å²) in [6.45, 7) is 0. The van der Waals surface area contributed by atoms with Gasteiger partial charge in [-0.05, 0) is 28.7 Å². The fraction of sp³-hybridized carbons (Fsp3) is 0.0909. The van der Waals surface area contributed by atoms with Crippen LogP contribution in [0.5, 0.6) is 0 Å². The van der Waals surface area contributed by atoms with Crippen molar-refractivity contribution in [2.45, 2.75) is 0 Å². The van der Waals surface area contributed by atoms with Crippen LogP contribution in [0, 0.1) is 3.57 Å². The van der Waals surface area contributed by atoms with E-state index in [0.717, 1.165) is 16.8 Å². The number of aromatic amines is 1. The molecular formula is C11H9IN4. The van der Waals surface area contributed by atoms with Gasteiger partial charge in [-0.25, -0.2) is 0 Å². The fourth-order valence-electron chi connectivity index (χ4n) is 1.70. The van der Waals surface area contributed by atoms with Crippen LogP contribution >= 0.6 is 22.6 Å². The van der Waals surface area contributed by atoms with Crippen LogP contribution in [-0.2, 0) is 7.05 Å². The number of hydrogen-bond donors (Lipinski definition) is 1. The highest BCUT2D eigenvalue weighted by Crippen LogP contribution is 2.24. The molecule has 3 aromatic heterocycles. The van der Waals surface area contributed by atoms with E-state index in [0.29, 0.717) is 0 Å². The van der Waals surface area contributed by atoms with Gasteiger partial charge in [0, 0.05) is 34.0 Å². The van der Waals surface area contributed by atoms with Crippen molar-refractivity contribution in [1.82, 2.24) is 19.7 Å². The van der Waals surface area contributed by atoms with E-state index in [2.05, 4.69) is 43.7 Å². The summed E-state index contributed by atoms with van der Waals surface area (Å²) in [6, 6.07) is 2.09. The first kappa shape index (κ1) is 9.83. The van der Waals surface area contributed by atoms with Gasteiger partial charge < -0.3 is 4.98 Å². The Labute approximate surface area is 106 Å². The van der Waals surface area contributed by atoms with E-state index in [1.54, 1.807) is 4.68 Å². The monoisotopic (exact) mass is 324 g/mol. The lowest BCUT2D eigenvalue weighted by Gasteiger charge is -1.96. The van der Waals surface area contributed by atoms with Gasteiger partial charge >= 0.3 is 0 Å². The standard InChI is InChI=1S/C11H9IN4/c1-16-6-7(3-15-16)10-2-8-9(12)4-13-11(8)5-14-10/h2-6,13H,1H3. The molecule has 0 saturated carbocycles. The largest absolute Gasteiger partial charge is 0.359 e. The highest BCUT2D eigenvalue weighted by Gasteiger charge is 2.06. The number of nitrogens with one attached hydrogen (secondary N) is 1. The summed E-state index contributed by atoms with van der Waals surface area (Å²) in [6.07, 6.45) is 7.64. The van der Waals surface area contributed by atoms with Gasteiger partial charge in [0.2, 0.25) is 0 Å². The fourth-order valence-corrected chi connectivity index (χ4v) is 2.30. The third kappa shape index (κ3) is 1.51. The number of rotatable bonds is 1. The van der Waals surface area contributed by atoms with Gasteiger partial charge in [-0.2, -0.15) is 5.10 Å². The van der Waals surface area contributed by atoms with Crippen molar-refractivity contribution >= 4 is 33.5 Å². The van der Waals surface area contributed by atoms with Crippen LogP contribution in [0.4, 0.5) is 0 Å². The number of nitrogens with zero attached hydrogens (tertiary/aromatic N) is 3. The Morgan fingerprint density at radius 1 is 1.38 bits per heavy atom. The van der Waals surface area contributed by atoms with Crippen molar-refractivity contribution < 1.29 is 0 Å². The Morgan fingerprint density at radius 3 is 3.00 bits per heavy atom. The number of H-pyrrole nitrogens is 1. The van der Waals surface area contributed by atoms with E-state index < -0.39 is 0 Å². The molecule has 3 rings (SSSR count). The minimum atomic E-state index is 0.957. The SMILES string of the molecule is Cn1cc(-c2cc3c(I)c[nH]c3cn2)cn1. The topological polar surface area (TPSA) is 46.5 Å². The second kappa shape index (κ2) is 3.58. The zero-order chi connectivity index (χ0) is 11.1. The van der Waals surface area contributed by atoms with E-state index in [1.807, 2.05) is 31.8 Å². The van der Waals surface area contributed by atoms with Gasteiger partial charge in [-0.15, -0.1) is 0 Å². The third-order valence-electron chi connectivity index (χ3n) is 2.52. The van der Waals surface area contributed by atoms with Crippen molar-refractivity contribution in [3.05, 3.63) is 34.4 Å². The Morgan fingerprint density at radius 2 is 2.25 bits per heavy atom. The Hall–Kier alpha value is -1.37. The van der Waals surface area contributed by atoms with Crippen LogP contribution < -0.4 is 0 Å². The number of fused-ring (bicyclic) bond motifs is 1. The van der Waals surface area contributed by atoms with Crippen molar-refractivity contribution in [3.8, 4) is 11.3 Å². The van der Waals surface area contributed by atoms with E-state index in [9.17, 15) is 0 Å². The highest BCUT2D eigenvalue weighted by atomic mass is 127. The molecule has 0 unspecified atom stereocenters. The summed E-state index contributed by atoms with van der Waals surface area (Å²) >= 11 is 2.31. The Kier molecular flexibility index (Phi) is 2.20. The number of hydrogen-bond acceptors (Lipinski definition) is 2. The minimum Gasteiger partial charge on any atom is -0.359 e. The van der Waals surface area contributed by atoms with E-state index >= 15 is 0 Å². The van der Waals surface area contributed by atoms with Gasteiger partial charge in [0.05, 0.1) is 23.6 Å². The molecule has 0 aromatic carbocycles.